The Hall–Kier alpha value is -1.59. The van der Waals surface area contributed by atoms with Gasteiger partial charge in [-0.1, -0.05) is 30.0 Å². The Balaban J connectivity index is 1.49. The van der Waals surface area contributed by atoms with Crippen LogP contribution in [0.25, 0.3) is 0 Å². The number of hydrogen-bond acceptors (Lipinski definition) is 5. The molecule has 0 aliphatic carbocycles. The van der Waals surface area contributed by atoms with Crippen LogP contribution in [0.5, 0.6) is 0 Å². The van der Waals surface area contributed by atoms with E-state index in [2.05, 4.69) is 57.1 Å². The van der Waals surface area contributed by atoms with Crippen LogP contribution in [0.4, 0.5) is 5.69 Å². The van der Waals surface area contributed by atoms with Crippen molar-refractivity contribution in [3.8, 4) is 0 Å². The lowest BCUT2D eigenvalue weighted by Crippen LogP contribution is -2.28. The van der Waals surface area contributed by atoms with E-state index in [1.807, 2.05) is 18.6 Å². The second-order valence-corrected chi connectivity index (χ2v) is 6.98. The number of rotatable bonds is 6. The van der Waals surface area contributed by atoms with Crippen molar-refractivity contribution in [2.75, 3.05) is 37.8 Å². The van der Waals surface area contributed by atoms with Crippen molar-refractivity contribution in [1.82, 2.24) is 14.9 Å². The third-order valence-electron chi connectivity index (χ3n) is 4.29. The van der Waals surface area contributed by atoms with Crippen LogP contribution >= 0.6 is 11.8 Å². The van der Waals surface area contributed by atoms with Gasteiger partial charge < -0.3 is 9.80 Å². The van der Waals surface area contributed by atoms with Crippen molar-refractivity contribution >= 4 is 17.4 Å². The molecular formula is C18H24N4S. The third kappa shape index (κ3) is 4.45. The molecule has 0 bridgehead atoms. The van der Waals surface area contributed by atoms with Gasteiger partial charge in [0.05, 0.1) is 0 Å². The van der Waals surface area contributed by atoms with Crippen LogP contribution in [-0.2, 0) is 6.54 Å². The first-order chi connectivity index (χ1) is 11.2. The highest BCUT2D eigenvalue weighted by molar-refractivity contribution is 7.98. The minimum atomic E-state index is 0.728. The van der Waals surface area contributed by atoms with Crippen LogP contribution in [0.3, 0.4) is 0 Å². The summed E-state index contributed by atoms with van der Waals surface area (Å²) in [5.74, 6) is 0.728. The molecule has 1 fully saturated rings. The van der Waals surface area contributed by atoms with E-state index in [1.54, 1.807) is 11.8 Å². The molecule has 0 unspecified atom stereocenters. The highest BCUT2D eigenvalue weighted by atomic mass is 32.2. The lowest BCUT2D eigenvalue weighted by molar-refractivity contribution is 0.278. The molecular weight excluding hydrogens is 304 g/mol. The number of benzene rings is 1. The molecule has 4 nitrogen and oxygen atoms in total. The summed E-state index contributed by atoms with van der Waals surface area (Å²) in [6, 6.07) is 10.7. The van der Waals surface area contributed by atoms with Crippen molar-refractivity contribution in [3.63, 3.8) is 0 Å². The summed E-state index contributed by atoms with van der Waals surface area (Å²) in [6.45, 7) is 4.34. The molecule has 1 saturated heterocycles. The van der Waals surface area contributed by atoms with Crippen molar-refractivity contribution < 1.29 is 0 Å². The second kappa shape index (κ2) is 7.79. The quantitative estimate of drug-likeness (QED) is 0.601. The molecule has 2 heterocycles. The largest absolute Gasteiger partial charge is 0.371 e. The first-order valence-corrected chi connectivity index (χ1v) is 9.30. The van der Waals surface area contributed by atoms with Gasteiger partial charge in [-0.05, 0) is 37.8 Å². The molecule has 122 valence electrons. The highest BCUT2D eigenvalue weighted by Crippen LogP contribution is 2.24. The number of thioether (sulfide) groups is 1. The normalized spacial score (nSPS) is 17.9. The number of aromatic nitrogens is 2. The summed E-state index contributed by atoms with van der Waals surface area (Å²) in [5.41, 5.74) is 2.53. The maximum atomic E-state index is 4.35. The fourth-order valence-electron chi connectivity index (χ4n) is 3.20. The molecule has 0 N–H and O–H groups in total. The molecule has 1 aromatic carbocycles. The average Bonchev–Trinajstić information content (AvgIpc) is 3.04. The first-order valence-electron chi connectivity index (χ1n) is 8.08. The van der Waals surface area contributed by atoms with E-state index >= 15 is 0 Å². The summed E-state index contributed by atoms with van der Waals surface area (Å²) in [5, 5.41) is 0.839. The fourth-order valence-corrected chi connectivity index (χ4v) is 3.52. The SMILES string of the molecule is CSc1ncc(CN(C)C[C@H]2CCN(c3ccccc3)C2)cn1. The molecule has 0 radical (unpaired) electrons. The molecule has 3 rings (SSSR count). The predicted octanol–water partition coefficient (Wildman–Crippen LogP) is 3.16. The van der Waals surface area contributed by atoms with Crippen molar-refractivity contribution in [1.29, 1.82) is 0 Å². The minimum Gasteiger partial charge on any atom is -0.371 e. The van der Waals surface area contributed by atoms with Gasteiger partial charge in [-0.2, -0.15) is 0 Å². The predicted molar refractivity (Wildman–Crippen MR) is 96.9 cm³/mol. The van der Waals surface area contributed by atoms with Crippen LogP contribution in [-0.4, -0.2) is 47.8 Å². The Morgan fingerprint density at radius 2 is 1.96 bits per heavy atom. The monoisotopic (exact) mass is 328 g/mol. The lowest BCUT2D eigenvalue weighted by Gasteiger charge is -2.22. The summed E-state index contributed by atoms with van der Waals surface area (Å²) in [7, 11) is 2.19. The topological polar surface area (TPSA) is 32.3 Å². The van der Waals surface area contributed by atoms with E-state index in [-0.39, 0.29) is 0 Å². The zero-order valence-corrected chi connectivity index (χ0v) is 14.7. The number of para-hydroxylation sites is 1. The first kappa shape index (κ1) is 16.3. The summed E-state index contributed by atoms with van der Waals surface area (Å²) < 4.78 is 0. The molecule has 0 saturated carbocycles. The third-order valence-corrected chi connectivity index (χ3v) is 4.87. The molecule has 2 aromatic rings. The van der Waals surface area contributed by atoms with Gasteiger partial charge in [-0.3, -0.25) is 0 Å². The van der Waals surface area contributed by atoms with Crippen molar-refractivity contribution in [2.24, 2.45) is 5.92 Å². The smallest absolute Gasteiger partial charge is 0.187 e. The van der Waals surface area contributed by atoms with E-state index in [0.29, 0.717) is 0 Å². The summed E-state index contributed by atoms with van der Waals surface area (Å²) in [6.07, 6.45) is 7.15. The van der Waals surface area contributed by atoms with Crippen molar-refractivity contribution in [2.45, 2.75) is 18.1 Å². The number of anilines is 1. The number of hydrogen-bond donors (Lipinski definition) is 0. The van der Waals surface area contributed by atoms with E-state index in [4.69, 9.17) is 0 Å². The Kier molecular flexibility index (Phi) is 5.51. The van der Waals surface area contributed by atoms with E-state index in [1.165, 1.54) is 17.7 Å². The molecule has 1 atom stereocenters. The van der Waals surface area contributed by atoms with Gasteiger partial charge in [-0.25, -0.2) is 9.97 Å². The summed E-state index contributed by atoms with van der Waals surface area (Å²) in [4.78, 5) is 13.6. The van der Waals surface area contributed by atoms with Crippen molar-refractivity contribution in [3.05, 3.63) is 48.3 Å². The van der Waals surface area contributed by atoms with Crippen LogP contribution in [0.2, 0.25) is 0 Å². The van der Waals surface area contributed by atoms with Crippen LogP contribution in [0.1, 0.15) is 12.0 Å². The molecule has 1 aliphatic heterocycles. The summed E-state index contributed by atoms with van der Waals surface area (Å²) >= 11 is 1.58. The van der Waals surface area contributed by atoms with E-state index in [0.717, 1.165) is 37.3 Å². The molecule has 5 heteroatoms. The molecule has 23 heavy (non-hydrogen) atoms. The Morgan fingerprint density at radius 1 is 1.22 bits per heavy atom. The maximum absolute atomic E-state index is 4.35. The van der Waals surface area contributed by atoms with Gasteiger partial charge in [0.2, 0.25) is 0 Å². The van der Waals surface area contributed by atoms with Gasteiger partial charge in [0, 0.05) is 49.8 Å². The van der Waals surface area contributed by atoms with Crippen LogP contribution in [0, 0.1) is 5.92 Å². The Labute approximate surface area is 142 Å². The molecule has 1 aromatic heterocycles. The van der Waals surface area contributed by atoms with Gasteiger partial charge >= 0.3 is 0 Å². The standard InChI is InChI=1S/C18H24N4S/c1-21(13-16-10-19-18(23-2)20-11-16)12-15-8-9-22(14-15)17-6-4-3-5-7-17/h3-7,10-11,15H,8-9,12-14H2,1-2H3/t15-/m1/s1. The second-order valence-electron chi connectivity index (χ2n) is 6.21. The van der Waals surface area contributed by atoms with Gasteiger partial charge in [0.1, 0.15) is 0 Å². The Bertz CT molecular complexity index is 602. The maximum Gasteiger partial charge on any atom is 0.187 e. The van der Waals surface area contributed by atoms with Crippen LogP contribution in [0.15, 0.2) is 47.9 Å². The van der Waals surface area contributed by atoms with E-state index < -0.39 is 0 Å². The number of nitrogens with zero attached hydrogens (tertiary/aromatic N) is 4. The zero-order chi connectivity index (χ0) is 16.1. The van der Waals surface area contributed by atoms with Gasteiger partial charge in [0.25, 0.3) is 0 Å². The van der Waals surface area contributed by atoms with E-state index in [9.17, 15) is 0 Å². The average molecular weight is 328 g/mol. The molecule has 1 aliphatic rings. The molecule has 0 amide bonds. The van der Waals surface area contributed by atoms with Gasteiger partial charge in [0.15, 0.2) is 5.16 Å². The fraction of sp³-hybridized carbons (Fsp3) is 0.444. The Morgan fingerprint density at radius 3 is 2.65 bits per heavy atom. The molecule has 0 spiro atoms. The zero-order valence-electron chi connectivity index (χ0n) is 13.9. The highest BCUT2D eigenvalue weighted by Gasteiger charge is 2.23. The minimum absolute atomic E-state index is 0.728. The van der Waals surface area contributed by atoms with Gasteiger partial charge in [-0.15, -0.1) is 0 Å². The van der Waals surface area contributed by atoms with Crippen LogP contribution < -0.4 is 4.90 Å². The lowest BCUT2D eigenvalue weighted by atomic mass is 10.1.